The molecular formula is C12H23N3. The Morgan fingerprint density at radius 3 is 2.80 bits per heavy atom. The van der Waals surface area contributed by atoms with Crippen LogP contribution in [0, 0.1) is 17.2 Å². The van der Waals surface area contributed by atoms with Gasteiger partial charge in [0.25, 0.3) is 0 Å². The Balaban J connectivity index is 2.01. The van der Waals surface area contributed by atoms with Gasteiger partial charge in [-0.25, -0.2) is 0 Å². The van der Waals surface area contributed by atoms with E-state index in [9.17, 15) is 0 Å². The van der Waals surface area contributed by atoms with Gasteiger partial charge in [0.05, 0.1) is 12.0 Å². The number of hydrogen-bond donors (Lipinski definition) is 1. The lowest BCUT2D eigenvalue weighted by atomic mass is 10.2. The van der Waals surface area contributed by atoms with Crippen molar-refractivity contribution >= 4 is 0 Å². The van der Waals surface area contributed by atoms with Gasteiger partial charge in [0.1, 0.15) is 0 Å². The smallest absolute Gasteiger partial charge is 0.0666 e. The summed E-state index contributed by atoms with van der Waals surface area (Å²) in [7, 11) is 0. The third-order valence-electron chi connectivity index (χ3n) is 2.86. The molecule has 3 heteroatoms. The van der Waals surface area contributed by atoms with E-state index in [0.29, 0.717) is 0 Å². The summed E-state index contributed by atoms with van der Waals surface area (Å²) in [5, 5.41) is 12.3. The molecule has 0 aromatic rings. The van der Waals surface area contributed by atoms with Gasteiger partial charge in [-0.2, -0.15) is 5.26 Å². The Morgan fingerprint density at radius 1 is 1.53 bits per heavy atom. The fourth-order valence-corrected chi connectivity index (χ4v) is 1.70. The average molecular weight is 209 g/mol. The summed E-state index contributed by atoms with van der Waals surface area (Å²) in [6.45, 7) is 8.36. The second-order valence-corrected chi connectivity index (χ2v) is 4.51. The van der Waals surface area contributed by atoms with Crippen molar-refractivity contribution < 1.29 is 0 Å². The van der Waals surface area contributed by atoms with Crippen LogP contribution in [0.2, 0.25) is 0 Å². The van der Waals surface area contributed by atoms with Crippen molar-refractivity contribution in [3.8, 4) is 6.07 Å². The van der Waals surface area contributed by atoms with Gasteiger partial charge in [0.15, 0.2) is 0 Å². The Kier molecular flexibility index (Phi) is 5.67. The zero-order valence-corrected chi connectivity index (χ0v) is 10.00. The summed E-state index contributed by atoms with van der Waals surface area (Å²) >= 11 is 0. The third kappa shape index (κ3) is 5.76. The molecule has 1 atom stereocenters. The van der Waals surface area contributed by atoms with Crippen LogP contribution in [0.1, 0.15) is 33.1 Å². The molecule has 0 spiro atoms. The molecule has 86 valence electrons. The van der Waals surface area contributed by atoms with E-state index >= 15 is 0 Å². The predicted octanol–water partition coefficient (Wildman–Crippen LogP) is 1.61. The minimum Gasteiger partial charge on any atom is -0.314 e. The second-order valence-electron chi connectivity index (χ2n) is 4.51. The maximum Gasteiger partial charge on any atom is 0.0666 e. The zero-order valence-electron chi connectivity index (χ0n) is 10.00. The van der Waals surface area contributed by atoms with Crippen LogP contribution in [-0.2, 0) is 0 Å². The molecule has 0 aromatic carbocycles. The largest absolute Gasteiger partial charge is 0.314 e. The monoisotopic (exact) mass is 209 g/mol. The van der Waals surface area contributed by atoms with Gasteiger partial charge in [-0.05, 0) is 45.8 Å². The Hall–Kier alpha value is -0.590. The van der Waals surface area contributed by atoms with Gasteiger partial charge in [0.2, 0.25) is 0 Å². The van der Waals surface area contributed by atoms with E-state index < -0.39 is 0 Å². The first-order valence-electron chi connectivity index (χ1n) is 6.11. The Labute approximate surface area is 93.5 Å². The molecule has 0 bridgehead atoms. The Bertz CT molecular complexity index is 205. The van der Waals surface area contributed by atoms with E-state index in [0.717, 1.165) is 32.2 Å². The molecule has 3 nitrogen and oxygen atoms in total. The maximum atomic E-state index is 8.74. The van der Waals surface area contributed by atoms with Crippen molar-refractivity contribution in [2.45, 2.75) is 39.2 Å². The lowest BCUT2D eigenvalue weighted by Gasteiger charge is -2.21. The van der Waals surface area contributed by atoms with Crippen molar-refractivity contribution in [1.82, 2.24) is 10.2 Å². The third-order valence-corrected chi connectivity index (χ3v) is 2.86. The van der Waals surface area contributed by atoms with Crippen molar-refractivity contribution in [3.05, 3.63) is 0 Å². The summed E-state index contributed by atoms with van der Waals surface area (Å²) in [6.07, 6.45) is 3.93. The average Bonchev–Trinajstić information content (AvgIpc) is 3.06. The highest BCUT2D eigenvalue weighted by molar-refractivity contribution is 4.82. The molecule has 0 aliphatic heterocycles. The number of nitrogens with zero attached hydrogens (tertiary/aromatic N) is 2. The lowest BCUT2D eigenvalue weighted by Crippen LogP contribution is -2.31. The number of rotatable bonds is 8. The van der Waals surface area contributed by atoms with Crippen LogP contribution in [-0.4, -0.2) is 37.1 Å². The quantitative estimate of drug-likeness (QED) is 0.617. The van der Waals surface area contributed by atoms with Crippen LogP contribution < -0.4 is 5.32 Å². The Morgan fingerprint density at radius 2 is 2.27 bits per heavy atom. The minimum absolute atomic E-state index is 0.154. The molecule has 1 fully saturated rings. The van der Waals surface area contributed by atoms with Crippen LogP contribution >= 0.6 is 0 Å². The van der Waals surface area contributed by atoms with Crippen LogP contribution in [0.25, 0.3) is 0 Å². The van der Waals surface area contributed by atoms with Gasteiger partial charge < -0.3 is 10.2 Å². The van der Waals surface area contributed by atoms with Crippen LogP contribution in [0.3, 0.4) is 0 Å². The first-order chi connectivity index (χ1) is 7.26. The molecule has 0 amide bonds. The number of nitriles is 1. The standard InChI is InChI=1S/C12H23N3/c1-3-15(10-11(2)9-13)8-4-7-14-12-5-6-12/h11-12,14H,3-8,10H2,1-2H3. The molecule has 1 rings (SSSR count). The highest BCUT2D eigenvalue weighted by atomic mass is 15.1. The van der Waals surface area contributed by atoms with Gasteiger partial charge >= 0.3 is 0 Å². The van der Waals surface area contributed by atoms with Crippen molar-refractivity contribution in [2.24, 2.45) is 5.92 Å². The van der Waals surface area contributed by atoms with Crippen LogP contribution in [0.15, 0.2) is 0 Å². The van der Waals surface area contributed by atoms with Gasteiger partial charge in [-0.3, -0.25) is 0 Å². The summed E-state index contributed by atoms with van der Waals surface area (Å²) in [5.74, 6) is 0.154. The van der Waals surface area contributed by atoms with Crippen LogP contribution in [0.4, 0.5) is 0 Å². The van der Waals surface area contributed by atoms with E-state index in [2.05, 4.69) is 23.2 Å². The molecule has 0 radical (unpaired) electrons. The highest BCUT2D eigenvalue weighted by Gasteiger charge is 2.19. The topological polar surface area (TPSA) is 39.1 Å². The van der Waals surface area contributed by atoms with E-state index in [-0.39, 0.29) is 5.92 Å². The summed E-state index contributed by atoms with van der Waals surface area (Å²) in [4.78, 5) is 2.36. The predicted molar refractivity (Wildman–Crippen MR) is 62.5 cm³/mol. The normalized spacial score (nSPS) is 17.7. The highest BCUT2D eigenvalue weighted by Crippen LogP contribution is 2.18. The number of hydrogen-bond acceptors (Lipinski definition) is 3. The first-order valence-corrected chi connectivity index (χ1v) is 6.11. The second kappa shape index (κ2) is 6.81. The molecule has 1 aliphatic rings. The summed E-state index contributed by atoms with van der Waals surface area (Å²) < 4.78 is 0. The fourth-order valence-electron chi connectivity index (χ4n) is 1.70. The SMILES string of the molecule is CCN(CCCNC1CC1)CC(C)C#N. The van der Waals surface area contributed by atoms with E-state index in [1.807, 2.05) is 6.92 Å². The maximum absolute atomic E-state index is 8.74. The first kappa shape index (κ1) is 12.5. The molecule has 0 saturated heterocycles. The number of nitrogens with one attached hydrogen (secondary N) is 1. The lowest BCUT2D eigenvalue weighted by molar-refractivity contribution is 0.264. The molecule has 0 aromatic heterocycles. The molecule has 15 heavy (non-hydrogen) atoms. The molecule has 1 saturated carbocycles. The fraction of sp³-hybridized carbons (Fsp3) is 0.917. The van der Waals surface area contributed by atoms with Gasteiger partial charge in [0, 0.05) is 12.6 Å². The molecule has 0 heterocycles. The van der Waals surface area contributed by atoms with E-state index in [4.69, 9.17) is 5.26 Å². The molecule has 1 unspecified atom stereocenters. The van der Waals surface area contributed by atoms with Crippen molar-refractivity contribution in [3.63, 3.8) is 0 Å². The van der Waals surface area contributed by atoms with Gasteiger partial charge in [-0.1, -0.05) is 6.92 Å². The molecule has 1 aliphatic carbocycles. The minimum atomic E-state index is 0.154. The van der Waals surface area contributed by atoms with E-state index in [1.165, 1.54) is 19.3 Å². The zero-order chi connectivity index (χ0) is 11.1. The summed E-state index contributed by atoms with van der Waals surface area (Å²) in [5.41, 5.74) is 0. The van der Waals surface area contributed by atoms with Crippen LogP contribution in [0.5, 0.6) is 0 Å². The van der Waals surface area contributed by atoms with Crippen molar-refractivity contribution in [1.29, 1.82) is 5.26 Å². The van der Waals surface area contributed by atoms with Gasteiger partial charge in [-0.15, -0.1) is 0 Å². The summed E-state index contributed by atoms with van der Waals surface area (Å²) in [6, 6.07) is 3.11. The molecular weight excluding hydrogens is 186 g/mol. The van der Waals surface area contributed by atoms with Crippen molar-refractivity contribution in [2.75, 3.05) is 26.2 Å². The molecule has 1 N–H and O–H groups in total. The van der Waals surface area contributed by atoms with E-state index in [1.54, 1.807) is 0 Å².